The lowest BCUT2D eigenvalue weighted by atomic mass is 10.1. The van der Waals surface area contributed by atoms with Crippen molar-refractivity contribution in [2.24, 2.45) is 11.7 Å². The predicted molar refractivity (Wildman–Crippen MR) is 66.0 cm³/mol. The molecule has 1 saturated carbocycles. The summed E-state index contributed by atoms with van der Waals surface area (Å²) < 4.78 is 0. The Bertz CT molecular complexity index is 376. The fourth-order valence-corrected chi connectivity index (χ4v) is 1.87. The smallest absolute Gasteiger partial charge is 0.224 e. The van der Waals surface area contributed by atoms with Gasteiger partial charge in [-0.15, -0.1) is 0 Å². The maximum Gasteiger partial charge on any atom is 0.224 e. The highest BCUT2D eigenvalue weighted by atomic mass is 16.2. The highest BCUT2D eigenvalue weighted by Gasteiger charge is 2.30. The van der Waals surface area contributed by atoms with Gasteiger partial charge in [0.1, 0.15) is 0 Å². The number of nitrogens with zero attached hydrogens (tertiary/aromatic N) is 2. The van der Waals surface area contributed by atoms with E-state index in [9.17, 15) is 4.79 Å². The molecule has 1 aliphatic carbocycles. The summed E-state index contributed by atoms with van der Waals surface area (Å²) in [5.74, 6) is 0.678. The van der Waals surface area contributed by atoms with Gasteiger partial charge in [0.2, 0.25) is 5.91 Å². The molecule has 1 fully saturated rings. The van der Waals surface area contributed by atoms with Crippen molar-refractivity contribution in [1.29, 1.82) is 0 Å². The number of carbonyl (C=O) groups is 1. The molecule has 1 aromatic heterocycles. The van der Waals surface area contributed by atoms with Crippen LogP contribution in [0, 0.1) is 5.92 Å². The summed E-state index contributed by atoms with van der Waals surface area (Å²) >= 11 is 0. The largest absolute Gasteiger partial charge is 0.340 e. The SMILES string of the molecule is CN(Cc1ccccn1)C(=O)CC(N)C1CC1. The molecule has 4 nitrogen and oxygen atoms in total. The summed E-state index contributed by atoms with van der Waals surface area (Å²) in [5, 5.41) is 0. The molecule has 2 N–H and O–H groups in total. The molecule has 1 heterocycles. The molecule has 0 aromatic carbocycles. The third-order valence-electron chi connectivity index (χ3n) is 3.19. The van der Waals surface area contributed by atoms with Crippen LogP contribution in [0.1, 0.15) is 25.0 Å². The van der Waals surface area contributed by atoms with Crippen LogP contribution in [0.15, 0.2) is 24.4 Å². The van der Waals surface area contributed by atoms with Gasteiger partial charge in [-0.2, -0.15) is 0 Å². The number of aromatic nitrogens is 1. The van der Waals surface area contributed by atoms with Crippen LogP contribution < -0.4 is 5.73 Å². The van der Waals surface area contributed by atoms with E-state index < -0.39 is 0 Å². The van der Waals surface area contributed by atoms with E-state index in [2.05, 4.69) is 4.98 Å². The van der Waals surface area contributed by atoms with E-state index >= 15 is 0 Å². The number of hydrogen-bond donors (Lipinski definition) is 1. The van der Waals surface area contributed by atoms with Gasteiger partial charge in [-0.05, 0) is 30.9 Å². The maximum atomic E-state index is 11.9. The van der Waals surface area contributed by atoms with E-state index in [1.54, 1.807) is 18.1 Å². The maximum absolute atomic E-state index is 11.9. The Morgan fingerprint density at radius 1 is 1.59 bits per heavy atom. The minimum Gasteiger partial charge on any atom is -0.340 e. The normalized spacial score (nSPS) is 16.6. The lowest BCUT2D eigenvalue weighted by molar-refractivity contribution is -0.130. The first-order valence-corrected chi connectivity index (χ1v) is 6.06. The number of pyridine rings is 1. The molecule has 0 bridgehead atoms. The highest BCUT2D eigenvalue weighted by Crippen LogP contribution is 2.32. The quantitative estimate of drug-likeness (QED) is 0.830. The van der Waals surface area contributed by atoms with Gasteiger partial charge < -0.3 is 10.6 Å². The Morgan fingerprint density at radius 2 is 2.35 bits per heavy atom. The van der Waals surface area contributed by atoms with Crippen molar-refractivity contribution in [1.82, 2.24) is 9.88 Å². The second-order valence-electron chi connectivity index (χ2n) is 4.78. The monoisotopic (exact) mass is 233 g/mol. The lowest BCUT2D eigenvalue weighted by Crippen LogP contribution is -2.34. The molecule has 0 radical (unpaired) electrons. The van der Waals surface area contributed by atoms with Crippen LogP contribution in [0.5, 0.6) is 0 Å². The molecule has 0 aliphatic heterocycles. The first-order chi connectivity index (χ1) is 8.16. The number of hydrogen-bond acceptors (Lipinski definition) is 3. The number of rotatable bonds is 5. The van der Waals surface area contributed by atoms with Gasteiger partial charge in [-0.1, -0.05) is 6.07 Å². The second kappa shape index (κ2) is 5.27. The topological polar surface area (TPSA) is 59.2 Å². The highest BCUT2D eigenvalue weighted by molar-refractivity contribution is 5.76. The van der Waals surface area contributed by atoms with Crippen LogP contribution in [-0.4, -0.2) is 28.9 Å². The molecule has 92 valence electrons. The van der Waals surface area contributed by atoms with Gasteiger partial charge in [0.05, 0.1) is 12.2 Å². The Balaban J connectivity index is 1.82. The van der Waals surface area contributed by atoms with E-state index in [1.165, 1.54) is 12.8 Å². The van der Waals surface area contributed by atoms with E-state index in [4.69, 9.17) is 5.73 Å². The summed E-state index contributed by atoms with van der Waals surface area (Å²) in [4.78, 5) is 17.8. The molecule has 17 heavy (non-hydrogen) atoms. The predicted octanol–water partition coefficient (Wildman–Crippen LogP) is 1.17. The third-order valence-corrected chi connectivity index (χ3v) is 3.19. The van der Waals surface area contributed by atoms with Crippen molar-refractivity contribution in [2.75, 3.05) is 7.05 Å². The van der Waals surface area contributed by atoms with Crippen LogP contribution in [-0.2, 0) is 11.3 Å². The van der Waals surface area contributed by atoms with E-state index in [1.807, 2.05) is 18.2 Å². The zero-order valence-corrected chi connectivity index (χ0v) is 10.2. The zero-order chi connectivity index (χ0) is 12.3. The van der Waals surface area contributed by atoms with Crippen molar-refractivity contribution in [2.45, 2.75) is 31.8 Å². The van der Waals surface area contributed by atoms with Crippen molar-refractivity contribution < 1.29 is 4.79 Å². The number of carbonyl (C=O) groups excluding carboxylic acids is 1. The summed E-state index contributed by atoms with van der Waals surface area (Å²) in [6.07, 6.45) is 4.55. The molecule has 0 saturated heterocycles. The van der Waals surface area contributed by atoms with Crippen molar-refractivity contribution in [3.8, 4) is 0 Å². The molecule has 1 aromatic rings. The average molecular weight is 233 g/mol. The van der Waals surface area contributed by atoms with Crippen LogP contribution in [0.3, 0.4) is 0 Å². The summed E-state index contributed by atoms with van der Waals surface area (Å²) in [6, 6.07) is 5.75. The molecule has 2 rings (SSSR count). The van der Waals surface area contributed by atoms with Crippen molar-refractivity contribution in [3.05, 3.63) is 30.1 Å². The van der Waals surface area contributed by atoms with Gasteiger partial charge >= 0.3 is 0 Å². The third kappa shape index (κ3) is 3.53. The average Bonchev–Trinajstić information content (AvgIpc) is 3.14. The first kappa shape index (κ1) is 12.0. The number of nitrogens with two attached hydrogens (primary N) is 1. The standard InChI is InChI=1S/C13H19N3O/c1-16(9-11-4-2-3-7-15-11)13(17)8-12(14)10-5-6-10/h2-4,7,10,12H,5-6,8-9,14H2,1H3. The van der Waals surface area contributed by atoms with Gasteiger partial charge in [-0.3, -0.25) is 9.78 Å². The van der Waals surface area contributed by atoms with Gasteiger partial charge in [0.25, 0.3) is 0 Å². The summed E-state index contributed by atoms with van der Waals surface area (Å²) in [6.45, 7) is 0.553. The number of amides is 1. The van der Waals surface area contributed by atoms with Gasteiger partial charge in [0, 0.05) is 25.7 Å². The van der Waals surface area contributed by atoms with Gasteiger partial charge in [-0.25, -0.2) is 0 Å². The minimum absolute atomic E-state index is 0.0358. The van der Waals surface area contributed by atoms with Crippen LogP contribution in [0.4, 0.5) is 0 Å². The Labute approximate surface area is 102 Å². The van der Waals surface area contributed by atoms with Gasteiger partial charge in [0.15, 0.2) is 0 Å². The molecule has 4 heteroatoms. The molecule has 0 spiro atoms. The Morgan fingerprint density at radius 3 is 2.94 bits per heavy atom. The van der Waals surface area contributed by atoms with E-state index in [0.29, 0.717) is 18.9 Å². The summed E-state index contributed by atoms with van der Waals surface area (Å²) in [5.41, 5.74) is 6.85. The molecule has 1 atom stereocenters. The fourth-order valence-electron chi connectivity index (χ4n) is 1.87. The van der Waals surface area contributed by atoms with Crippen LogP contribution >= 0.6 is 0 Å². The van der Waals surface area contributed by atoms with Crippen LogP contribution in [0.25, 0.3) is 0 Å². The zero-order valence-electron chi connectivity index (χ0n) is 10.2. The van der Waals surface area contributed by atoms with E-state index in [-0.39, 0.29) is 11.9 Å². The summed E-state index contributed by atoms with van der Waals surface area (Å²) in [7, 11) is 1.80. The molecule has 1 aliphatic rings. The molecular weight excluding hydrogens is 214 g/mol. The Hall–Kier alpha value is -1.42. The fraction of sp³-hybridized carbons (Fsp3) is 0.538. The van der Waals surface area contributed by atoms with Crippen molar-refractivity contribution >= 4 is 5.91 Å². The van der Waals surface area contributed by atoms with Crippen molar-refractivity contribution in [3.63, 3.8) is 0 Å². The van der Waals surface area contributed by atoms with Crippen LogP contribution in [0.2, 0.25) is 0 Å². The molecule has 1 amide bonds. The lowest BCUT2D eigenvalue weighted by Gasteiger charge is -2.19. The first-order valence-electron chi connectivity index (χ1n) is 6.06. The molecule has 1 unspecified atom stereocenters. The molecular formula is C13H19N3O. The minimum atomic E-state index is 0.0358. The van der Waals surface area contributed by atoms with E-state index in [0.717, 1.165) is 5.69 Å². The second-order valence-corrected chi connectivity index (χ2v) is 4.78. The Kier molecular flexibility index (Phi) is 3.74.